The molecule has 0 aromatic rings. The highest BCUT2D eigenvalue weighted by atomic mass is 16.4. The minimum atomic E-state index is -0.883. The van der Waals surface area contributed by atoms with Crippen molar-refractivity contribution in [1.29, 1.82) is 0 Å². The number of carboxylic acids is 1. The number of hydrogen-bond donors (Lipinski definition) is 1. The SMILES string of the molecule is CCC1=CC=C(/C=C/C(=O)O)CC1. The summed E-state index contributed by atoms with van der Waals surface area (Å²) in [6, 6.07) is 0. The summed E-state index contributed by atoms with van der Waals surface area (Å²) in [6.07, 6.45) is 10.1. The van der Waals surface area contributed by atoms with Crippen LogP contribution in [0.5, 0.6) is 0 Å². The van der Waals surface area contributed by atoms with Gasteiger partial charge in [0, 0.05) is 6.08 Å². The van der Waals surface area contributed by atoms with Crippen LogP contribution in [0.3, 0.4) is 0 Å². The molecule has 2 heteroatoms. The van der Waals surface area contributed by atoms with Crippen LogP contribution in [0.1, 0.15) is 26.2 Å². The van der Waals surface area contributed by atoms with Gasteiger partial charge in [-0.2, -0.15) is 0 Å². The Kier molecular flexibility index (Phi) is 3.50. The fraction of sp³-hybridized carbons (Fsp3) is 0.364. The van der Waals surface area contributed by atoms with Crippen molar-refractivity contribution >= 4 is 5.97 Å². The van der Waals surface area contributed by atoms with E-state index in [1.807, 2.05) is 6.08 Å². The molecule has 0 saturated carbocycles. The molecule has 0 aliphatic heterocycles. The summed E-state index contributed by atoms with van der Waals surface area (Å²) in [5, 5.41) is 8.41. The molecule has 70 valence electrons. The third-order valence-electron chi connectivity index (χ3n) is 2.16. The van der Waals surface area contributed by atoms with Gasteiger partial charge in [-0.15, -0.1) is 0 Å². The molecule has 0 radical (unpaired) electrons. The monoisotopic (exact) mass is 178 g/mol. The Labute approximate surface area is 78.3 Å². The summed E-state index contributed by atoms with van der Waals surface area (Å²) >= 11 is 0. The van der Waals surface area contributed by atoms with Gasteiger partial charge in [0.2, 0.25) is 0 Å². The number of rotatable bonds is 3. The molecule has 1 N–H and O–H groups in total. The molecule has 0 amide bonds. The Morgan fingerprint density at radius 2 is 2.31 bits per heavy atom. The maximum atomic E-state index is 10.2. The van der Waals surface area contributed by atoms with Crippen molar-refractivity contribution in [3.8, 4) is 0 Å². The van der Waals surface area contributed by atoms with E-state index >= 15 is 0 Å². The van der Waals surface area contributed by atoms with Crippen LogP contribution in [-0.2, 0) is 4.79 Å². The van der Waals surface area contributed by atoms with Gasteiger partial charge < -0.3 is 5.11 Å². The predicted octanol–water partition coefficient (Wildman–Crippen LogP) is 2.68. The first-order valence-corrected chi connectivity index (χ1v) is 4.52. The lowest BCUT2D eigenvalue weighted by molar-refractivity contribution is -0.131. The molecule has 0 aromatic heterocycles. The van der Waals surface area contributed by atoms with Crippen LogP contribution < -0.4 is 0 Å². The van der Waals surface area contributed by atoms with Crippen molar-refractivity contribution in [2.24, 2.45) is 0 Å². The van der Waals surface area contributed by atoms with Gasteiger partial charge in [0.05, 0.1) is 0 Å². The van der Waals surface area contributed by atoms with Gasteiger partial charge >= 0.3 is 5.97 Å². The zero-order chi connectivity index (χ0) is 9.68. The standard InChI is InChI=1S/C11H14O2/c1-2-9-3-5-10(6-4-9)7-8-11(12)13/h3,5,7-8H,2,4,6H2,1H3,(H,12,13)/b8-7+. The van der Waals surface area contributed by atoms with E-state index < -0.39 is 5.97 Å². The van der Waals surface area contributed by atoms with Crippen molar-refractivity contribution in [3.63, 3.8) is 0 Å². The van der Waals surface area contributed by atoms with E-state index in [9.17, 15) is 4.79 Å². The van der Waals surface area contributed by atoms with Crippen LogP contribution >= 0.6 is 0 Å². The minimum absolute atomic E-state index is 0.883. The lowest BCUT2D eigenvalue weighted by Gasteiger charge is -2.09. The van der Waals surface area contributed by atoms with E-state index in [0.29, 0.717) is 0 Å². The second-order valence-corrected chi connectivity index (χ2v) is 3.09. The van der Waals surface area contributed by atoms with Gasteiger partial charge in [-0.1, -0.05) is 30.7 Å². The molecule has 0 unspecified atom stereocenters. The second-order valence-electron chi connectivity index (χ2n) is 3.09. The van der Waals surface area contributed by atoms with E-state index in [0.717, 1.165) is 24.8 Å². The predicted molar refractivity (Wildman–Crippen MR) is 52.5 cm³/mol. The Balaban J connectivity index is 2.60. The van der Waals surface area contributed by atoms with Gasteiger partial charge in [-0.05, 0) is 24.8 Å². The van der Waals surface area contributed by atoms with Crippen LogP contribution in [0.2, 0.25) is 0 Å². The molecule has 0 spiro atoms. The van der Waals surface area contributed by atoms with Gasteiger partial charge in [0.25, 0.3) is 0 Å². The van der Waals surface area contributed by atoms with Crippen LogP contribution in [0.4, 0.5) is 0 Å². The Morgan fingerprint density at radius 1 is 1.54 bits per heavy atom. The third kappa shape index (κ3) is 3.28. The highest BCUT2D eigenvalue weighted by molar-refractivity contribution is 5.80. The summed E-state index contributed by atoms with van der Waals surface area (Å²) in [4.78, 5) is 10.2. The van der Waals surface area contributed by atoms with Crippen LogP contribution in [0, 0.1) is 0 Å². The summed E-state index contributed by atoms with van der Waals surface area (Å²) in [7, 11) is 0. The van der Waals surface area contributed by atoms with E-state index in [1.165, 1.54) is 11.6 Å². The smallest absolute Gasteiger partial charge is 0.328 e. The van der Waals surface area contributed by atoms with E-state index in [4.69, 9.17) is 5.11 Å². The van der Waals surface area contributed by atoms with Gasteiger partial charge in [0.1, 0.15) is 0 Å². The number of aliphatic carboxylic acids is 1. The Hall–Kier alpha value is -1.31. The van der Waals surface area contributed by atoms with E-state index in [1.54, 1.807) is 6.08 Å². The first-order valence-electron chi connectivity index (χ1n) is 4.52. The Bertz CT molecular complexity index is 282. The average Bonchev–Trinajstić information content (AvgIpc) is 2.15. The number of allylic oxidation sites excluding steroid dienone is 5. The zero-order valence-electron chi connectivity index (χ0n) is 7.79. The van der Waals surface area contributed by atoms with Crippen LogP contribution in [0.15, 0.2) is 35.5 Å². The average molecular weight is 178 g/mol. The molecule has 0 aromatic carbocycles. The highest BCUT2D eigenvalue weighted by Gasteiger charge is 2.02. The number of hydrogen-bond acceptors (Lipinski definition) is 1. The lowest BCUT2D eigenvalue weighted by Crippen LogP contribution is -1.92. The van der Waals surface area contributed by atoms with Crippen molar-refractivity contribution in [2.75, 3.05) is 0 Å². The molecular weight excluding hydrogens is 164 g/mol. The molecule has 1 aliphatic rings. The molecule has 1 rings (SSSR count). The molecule has 0 bridgehead atoms. The largest absolute Gasteiger partial charge is 0.478 e. The first kappa shape index (κ1) is 9.78. The summed E-state index contributed by atoms with van der Waals surface area (Å²) in [6.45, 7) is 2.14. The normalized spacial score (nSPS) is 17.0. The maximum absolute atomic E-state index is 10.2. The topological polar surface area (TPSA) is 37.3 Å². The third-order valence-corrected chi connectivity index (χ3v) is 2.16. The molecule has 1 aliphatic carbocycles. The fourth-order valence-electron chi connectivity index (χ4n) is 1.31. The minimum Gasteiger partial charge on any atom is -0.478 e. The van der Waals surface area contributed by atoms with E-state index in [2.05, 4.69) is 13.0 Å². The van der Waals surface area contributed by atoms with Crippen molar-refractivity contribution in [2.45, 2.75) is 26.2 Å². The molecule has 0 saturated heterocycles. The summed E-state index contributed by atoms with van der Waals surface area (Å²) < 4.78 is 0. The van der Waals surface area contributed by atoms with Crippen LogP contribution in [0.25, 0.3) is 0 Å². The fourth-order valence-corrected chi connectivity index (χ4v) is 1.31. The maximum Gasteiger partial charge on any atom is 0.328 e. The van der Waals surface area contributed by atoms with E-state index in [-0.39, 0.29) is 0 Å². The van der Waals surface area contributed by atoms with Gasteiger partial charge in [-0.25, -0.2) is 4.79 Å². The summed E-state index contributed by atoms with van der Waals surface area (Å²) in [5.41, 5.74) is 2.53. The highest BCUT2D eigenvalue weighted by Crippen LogP contribution is 2.20. The van der Waals surface area contributed by atoms with Crippen molar-refractivity contribution < 1.29 is 9.90 Å². The van der Waals surface area contributed by atoms with Gasteiger partial charge in [0.15, 0.2) is 0 Å². The molecular formula is C11H14O2. The number of carbonyl (C=O) groups is 1. The first-order chi connectivity index (χ1) is 6.22. The summed E-state index contributed by atoms with van der Waals surface area (Å²) in [5.74, 6) is -0.883. The van der Waals surface area contributed by atoms with Crippen LogP contribution in [-0.4, -0.2) is 11.1 Å². The molecule has 0 fully saturated rings. The zero-order valence-corrected chi connectivity index (χ0v) is 7.79. The van der Waals surface area contributed by atoms with Gasteiger partial charge in [-0.3, -0.25) is 0 Å². The molecule has 13 heavy (non-hydrogen) atoms. The Morgan fingerprint density at radius 3 is 2.77 bits per heavy atom. The lowest BCUT2D eigenvalue weighted by atomic mass is 9.97. The van der Waals surface area contributed by atoms with Crippen molar-refractivity contribution in [3.05, 3.63) is 35.5 Å². The van der Waals surface area contributed by atoms with Crippen molar-refractivity contribution in [1.82, 2.24) is 0 Å². The number of carboxylic acid groups (broad SMARTS) is 1. The molecule has 0 heterocycles. The molecule has 0 atom stereocenters. The molecule has 2 nitrogen and oxygen atoms in total. The second kappa shape index (κ2) is 4.65. The quantitative estimate of drug-likeness (QED) is 0.674.